The van der Waals surface area contributed by atoms with Crippen LogP contribution in [0.5, 0.6) is 11.5 Å². The Bertz CT molecular complexity index is 1280. The Balaban J connectivity index is 1.52. The van der Waals surface area contributed by atoms with Crippen molar-refractivity contribution in [3.05, 3.63) is 90.0 Å². The Labute approximate surface area is 195 Å². The molecule has 0 radical (unpaired) electrons. The standard InChI is InChI=1S/C25H23N3O6/c1-3-32-25(30)21-15-26-28(17-8-5-4-6-9-17)23(21)27-24(29)22-13-12-20(34-22)16-33-19-11-7-10-18(14-19)31-2/h4-15H,3,16H2,1-2H3,(H,27,29). The average molecular weight is 461 g/mol. The molecule has 4 aromatic rings. The van der Waals surface area contributed by atoms with E-state index in [1.165, 1.54) is 16.9 Å². The van der Waals surface area contributed by atoms with E-state index >= 15 is 0 Å². The first-order valence-corrected chi connectivity index (χ1v) is 10.6. The quantitative estimate of drug-likeness (QED) is 0.366. The van der Waals surface area contributed by atoms with Gasteiger partial charge in [-0.2, -0.15) is 5.10 Å². The van der Waals surface area contributed by atoms with Crippen molar-refractivity contribution in [2.75, 3.05) is 19.0 Å². The molecule has 1 N–H and O–H groups in total. The number of carbonyl (C=O) groups excluding carboxylic acids is 2. The first kappa shape index (κ1) is 22.7. The summed E-state index contributed by atoms with van der Waals surface area (Å²) in [6, 6.07) is 19.5. The van der Waals surface area contributed by atoms with Gasteiger partial charge >= 0.3 is 5.97 Å². The maximum absolute atomic E-state index is 12.9. The Hall–Kier alpha value is -4.53. The highest BCUT2D eigenvalue weighted by Crippen LogP contribution is 2.23. The monoisotopic (exact) mass is 461 g/mol. The Morgan fingerprint density at radius 1 is 1.03 bits per heavy atom. The second-order valence-corrected chi connectivity index (χ2v) is 7.06. The summed E-state index contributed by atoms with van der Waals surface area (Å²) in [4.78, 5) is 25.4. The van der Waals surface area contributed by atoms with Gasteiger partial charge in [0.1, 0.15) is 29.4 Å². The number of rotatable bonds is 9. The summed E-state index contributed by atoms with van der Waals surface area (Å²) in [6.07, 6.45) is 1.36. The second kappa shape index (κ2) is 10.4. The number of aromatic nitrogens is 2. The van der Waals surface area contributed by atoms with E-state index in [0.717, 1.165) is 0 Å². The third-order valence-electron chi connectivity index (χ3n) is 4.81. The highest BCUT2D eigenvalue weighted by Gasteiger charge is 2.23. The highest BCUT2D eigenvalue weighted by molar-refractivity contribution is 6.06. The molecule has 0 aliphatic rings. The third-order valence-corrected chi connectivity index (χ3v) is 4.81. The lowest BCUT2D eigenvalue weighted by Gasteiger charge is -2.10. The Morgan fingerprint density at radius 2 is 1.82 bits per heavy atom. The lowest BCUT2D eigenvalue weighted by molar-refractivity contribution is 0.0527. The second-order valence-electron chi connectivity index (χ2n) is 7.06. The molecule has 2 heterocycles. The fraction of sp³-hybridized carbons (Fsp3) is 0.160. The van der Waals surface area contributed by atoms with Gasteiger partial charge in [0.15, 0.2) is 11.6 Å². The van der Waals surface area contributed by atoms with Crippen LogP contribution in [0.1, 0.15) is 33.6 Å². The van der Waals surface area contributed by atoms with Crippen LogP contribution < -0.4 is 14.8 Å². The van der Waals surface area contributed by atoms with E-state index in [1.54, 1.807) is 44.4 Å². The molecule has 2 aromatic heterocycles. The molecule has 0 bridgehead atoms. The van der Waals surface area contributed by atoms with Crippen LogP contribution in [-0.2, 0) is 11.3 Å². The number of nitrogens with one attached hydrogen (secondary N) is 1. The number of carbonyl (C=O) groups is 2. The number of anilines is 1. The molecular formula is C25H23N3O6. The topological polar surface area (TPSA) is 105 Å². The van der Waals surface area contributed by atoms with Crippen molar-refractivity contribution < 1.29 is 28.2 Å². The molecule has 0 saturated carbocycles. The molecule has 174 valence electrons. The van der Waals surface area contributed by atoms with Gasteiger partial charge in [0.2, 0.25) is 0 Å². The van der Waals surface area contributed by atoms with Crippen LogP contribution in [0.2, 0.25) is 0 Å². The Kier molecular flexibility index (Phi) is 6.92. The van der Waals surface area contributed by atoms with E-state index in [0.29, 0.717) is 22.9 Å². The summed E-state index contributed by atoms with van der Waals surface area (Å²) < 4.78 is 23.1. The van der Waals surface area contributed by atoms with Gasteiger partial charge in [-0.1, -0.05) is 24.3 Å². The number of nitrogens with zero attached hydrogens (tertiary/aromatic N) is 2. The van der Waals surface area contributed by atoms with E-state index in [1.807, 2.05) is 30.3 Å². The predicted molar refractivity (Wildman–Crippen MR) is 124 cm³/mol. The number of esters is 1. The van der Waals surface area contributed by atoms with Crippen LogP contribution in [0.15, 0.2) is 77.3 Å². The lowest BCUT2D eigenvalue weighted by atomic mass is 10.3. The molecule has 0 fully saturated rings. The zero-order chi connectivity index (χ0) is 23.9. The van der Waals surface area contributed by atoms with Gasteiger partial charge in [0.05, 0.1) is 25.6 Å². The number of amides is 1. The van der Waals surface area contributed by atoms with Gasteiger partial charge in [0, 0.05) is 6.07 Å². The minimum absolute atomic E-state index is 0.0554. The van der Waals surface area contributed by atoms with Gasteiger partial charge in [-0.05, 0) is 43.3 Å². The van der Waals surface area contributed by atoms with Gasteiger partial charge in [0.25, 0.3) is 5.91 Å². The van der Waals surface area contributed by atoms with Gasteiger partial charge in [-0.25, -0.2) is 9.48 Å². The predicted octanol–water partition coefficient (Wildman–Crippen LogP) is 4.48. The molecule has 0 saturated heterocycles. The van der Waals surface area contributed by atoms with Crippen molar-refractivity contribution in [2.45, 2.75) is 13.5 Å². The van der Waals surface area contributed by atoms with E-state index in [-0.39, 0.29) is 30.4 Å². The SMILES string of the molecule is CCOC(=O)c1cnn(-c2ccccc2)c1NC(=O)c1ccc(COc2cccc(OC)c2)o1. The molecular weight excluding hydrogens is 438 g/mol. The van der Waals surface area contributed by atoms with E-state index in [9.17, 15) is 9.59 Å². The third kappa shape index (κ3) is 5.09. The maximum atomic E-state index is 12.9. The summed E-state index contributed by atoms with van der Waals surface area (Å²) >= 11 is 0. The zero-order valence-electron chi connectivity index (χ0n) is 18.7. The first-order valence-electron chi connectivity index (χ1n) is 10.6. The maximum Gasteiger partial charge on any atom is 0.343 e. The molecule has 0 aliphatic carbocycles. The highest BCUT2D eigenvalue weighted by atomic mass is 16.5. The summed E-state index contributed by atoms with van der Waals surface area (Å²) in [6.45, 7) is 2.02. The summed E-state index contributed by atoms with van der Waals surface area (Å²) in [5.74, 6) is 0.829. The molecule has 9 nitrogen and oxygen atoms in total. The van der Waals surface area contributed by atoms with Crippen LogP contribution >= 0.6 is 0 Å². The van der Waals surface area contributed by atoms with Crippen molar-refractivity contribution in [1.29, 1.82) is 0 Å². The summed E-state index contributed by atoms with van der Waals surface area (Å²) in [7, 11) is 1.58. The fourth-order valence-electron chi connectivity index (χ4n) is 3.18. The summed E-state index contributed by atoms with van der Waals surface area (Å²) in [5, 5.41) is 6.98. The van der Waals surface area contributed by atoms with Crippen molar-refractivity contribution in [3.8, 4) is 17.2 Å². The van der Waals surface area contributed by atoms with Crippen LogP contribution in [0, 0.1) is 0 Å². The zero-order valence-corrected chi connectivity index (χ0v) is 18.7. The minimum atomic E-state index is -0.591. The smallest absolute Gasteiger partial charge is 0.343 e. The van der Waals surface area contributed by atoms with Crippen LogP contribution in [-0.4, -0.2) is 35.4 Å². The molecule has 0 unspecified atom stereocenters. The molecule has 0 atom stereocenters. The largest absolute Gasteiger partial charge is 0.497 e. The first-order chi connectivity index (χ1) is 16.6. The van der Waals surface area contributed by atoms with Gasteiger partial charge < -0.3 is 23.9 Å². The van der Waals surface area contributed by atoms with E-state index < -0.39 is 11.9 Å². The molecule has 9 heteroatoms. The molecule has 0 aliphatic heterocycles. The molecule has 0 spiro atoms. The van der Waals surface area contributed by atoms with E-state index in [4.69, 9.17) is 18.6 Å². The molecule has 34 heavy (non-hydrogen) atoms. The Morgan fingerprint density at radius 3 is 2.59 bits per heavy atom. The summed E-state index contributed by atoms with van der Waals surface area (Å²) in [5.41, 5.74) is 0.798. The number of methoxy groups -OCH3 is 1. The number of benzene rings is 2. The number of furan rings is 1. The molecule has 2 aromatic carbocycles. The van der Waals surface area contributed by atoms with Crippen molar-refractivity contribution >= 4 is 17.7 Å². The van der Waals surface area contributed by atoms with Crippen LogP contribution in [0.4, 0.5) is 5.82 Å². The minimum Gasteiger partial charge on any atom is -0.497 e. The number of para-hydroxylation sites is 1. The number of hydrogen-bond acceptors (Lipinski definition) is 7. The molecule has 1 amide bonds. The van der Waals surface area contributed by atoms with Crippen molar-refractivity contribution in [1.82, 2.24) is 9.78 Å². The average Bonchev–Trinajstić information content (AvgIpc) is 3.51. The van der Waals surface area contributed by atoms with Crippen molar-refractivity contribution in [2.24, 2.45) is 0 Å². The normalized spacial score (nSPS) is 10.5. The van der Waals surface area contributed by atoms with Gasteiger partial charge in [-0.15, -0.1) is 0 Å². The van der Waals surface area contributed by atoms with Crippen LogP contribution in [0.25, 0.3) is 5.69 Å². The van der Waals surface area contributed by atoms with Crippen LogP contribution in [0.3, 0.4) is 0 Å². The lowest BCUT2D eigenvalue weighted by Crippen LogP contribution is -2.17. The van der Waals surface area contributed by atoms with Gasteiger partial charge in [-0.3, -0.25) is 4.79 Å². The fourth-order valence-corrected chi connectivity index (χ4v) is 3.18. The molecule has 4 rings (SSSR count). The van der Waals surface area contributed by atoms with E-state index in [2.05, 4.69) is 10.4 Å². The van der Waals surface area contributed by atoms with Crippen molar-refractivity contribution in [3.63, 3.8) is 0 Å². The number of ether oxygens (including phenoxy) is 3. The number of hydrogen-bond donors (Lipinski definition) is 1.